The second-order valence-electron chi connectivity index (χ2n) is 4.11. The van der Waals surface area contributed by atoms with Crippen LogP contribution in [0.3, 0.4) is 0 Å². The molecule has 1 saturated heterocycles. The SMILES string of the molecule is COC(=O)C1CCCN1C(=O)c1sccc1C. The molecule has 0 saturated carbocycles. The molecular formula is C12H15NO3S. The van der Waals surface area contributed by atoms with E-state index in [2.05, 4.69) is 0 Å². The fourth-order valence-electron chi connectivity index (χ4n) is 2.11. The summed E-state index contributed by atoms with van der Waals surface area (Å²) < 4.78 is 4.73. The van der Waals surface area contributed by atoms with E-state index in [9.17, 15) is 9.59 Å². The Kier molecular flexibility index (Phi) is 3.47. The molecule has 17 heavy (non-hydrogen) atoms. The number of aryl methyl sites for hydroxylation is 1. The summed E-state index contributed by atoms with van der Waals surface area (Å²) in [4.78, 5) is 26.2. The second-order valence-corrected chi connectivity index (χ2v) is 5.03. The minimum atomic E-state index is -0.408. The van der Waals surface area contributed by atoms with Crippen molar-refractivity contribution >= 4 is 23.2 Å². The number of hydrogen-bond donors (Lipinski definition) is 0. The maximum Gasteiger partial charge on any atom is 0.328 e. The molecule has 1 atom stereocenters. The maximum absolute atomic E-state index is 12.3. The monoisotopic (exact) mass is 253 g/mol. The Bertz CT molecular complexity index is 441. The zero-order valence-corrected chi connectivity index (χ0v) is 10.8. The van der Waals surface area contributed by atoms with E-state index in [1.54, 1.807) is 4.90 Å². The van der Waals surface area contributed by atoms with Gasteiger partial charge in [-0.25, -0.2) is 4.79 Å². The normalized spacial score (nSPS) is 19.4. The van der Waals surface area contributed by atoms with E-state index in [-0.39, 0.29) is 11.9 Å². The third kappa shape index (κ3) is 2.20. The molecule has 0 radical (unpaired) electrons. The van der Waals surface area contributed by atoms with E-state index in [0.29, 0.717) is 13.0 Å². The van der Waals surface area contributed by atoms with Crippen molar-refractivity contribution in [2.45, 2.75) is 25.8 Å². The highest BCUT2D eigenvalue weighted by Crippen LogP contribution is 2.24. The first-order chi connectivity index (χ1) is 8.15. The first-order valence-corrected chi connectivity index (χ1v) is 6.46. The highest BCUT2D eigenvalue weighted by molar-refractivity contribution is 7.12. The van der Waals surface area contributed by atoms with Gasteiger partial charge in [0.25, 0.3) is 5.91 Å². The lowest BCUT2D eigenvalue weighted by Crippen LogP contribution is -2.41. The van der Waals surface area contributed by atoms with E-state index in [0.717, 1.165) is 16.9 Å². The number of methoxy groups -OCH3 is 1. The quantitative estimate of drug-likeness (QED) is 0.755. The van der Waals surface area contributed by atoms with Crippen LogP contribution < -0.4 is 0 Å². The van der Waals surface area contributed by atoms with E-state index >= 15 is 0 Å². The first-order valence-electron chi connectivity index (χ1n) is 5.58. The number of amides is 1. The molecule has 1 fully saturated rings. The average Bonchev–Trinajstić information content (AvgIpc) is 2.95. The van der Waals surface area contributed by atoms with E-state index < -0.39 is 6.04 Å². The van der Waals surface area contributed by atoms with Crippen molar-refractivity contribution in [2.24, 2.45) is 0 Å². The van der Waals surface area contributed by atoms with E-state index in [1.165, 1.54) is 18.4 Å². The van der Waals surface area contributed by atoms with Gasteiger partial charge in [-0.1, -0.05) is 0 Å². The number of likely N-dealkylation sites (tertiary alicyclic amines) is 1. The fraction of sp³-hybridized carbons (Fsp3) is 0.500. The van der Waals surface area contributed by atoms with Crippen molar-refractivity contribution in [1.82, 2.24) is 4.90 Å². The van der Waals surface area contributed by atoms with Crippen molar-refractivity contribution in [1.29, 1.82) is 0 Å². The number of ether oxygens (including phenoxy) is 1. The topological polar surface area (TPSA) is 46.6 Å². The summed E-state index contributed by atoms with van der Waals surface area (Å²) in [6.07, 6.45) is 1.55. The lowest BCUT2D eigenvalue weighted by atomic mass is 10.2. The lowest BCUT2D eigenvalue weighted by molar-refractivity contribution is -0.145. The fourth-order valence-corrected chi connectivity index (χ4v) is 2.99. The summed E-state index contributed by atoms with van der Waals surface area (Å²) in [6.45, 7) is 2.54. The van der Waals surface area contributed by atoms with Crippen LogP contribution in [0.1, 0.15) is 28.1 Å². The number of thiophene rings is 1. The number of carbonyl (C=O) groups excluding carboxylic acids is 2. The smallest absolute Gasteiger partial charge is 0.328 e. The number of hydrogen-bond acceptors (Lipinski definition) is 4. The zero-order chi connectivity index (χ0) is 12.4. The number of esters is 1. The Balaban J connectivity index is 2.19. The predicted octanol–water partition coefficient (Wildman–Crippen LogP) is 1.83. The number of carbonyl (C=O) groups is 2. The van der Waals surface area contributed by atoms with Crippen LogP contribution in [-0.4, -0.2) is 36.5 Å². The first kappa shape index (κ1) is 12.1. The molecule has 5 heteroatoms. The van der Waals surface area contributed by atoms with Crippen molar-refractivity contribution in [3.63, 3.8) is 0 Å². The standard InChI is InChI=1S/C12H15NO3S/c1-8-5-7-17-10(8)11(14)13-6-3-4-9(13)12(15)16-2/h5,7,9H,3-4,6H2,1-2H3. The van der Waals surface area contributed by atoms with Gasteiger partial charge in [0.15, 0.2) is 0 Å². The summed E-state index contributed by atoms with van der Waals surface area (Å²) in [5.41, 5.74) is 0.968. The molecule has 1 amide bonds. The molecule has 1 aromatic rings. The van der Waals surface area contributed by atoms with Crippen LogP contribution in [-0.2, 0) is 9.53 Å². The highest BCUT2D eigenvalue weighted by Gasteiger charge is 2.35. The molecule has 2 rings (SSSR count). The third-order valence-electron chi connectivity index (χ3n) is 3.04. The molecule has 1 aliphatic heterocycles. The summed E-state index contributed by atoms with van der Waals surface area (Å²) in [5, 5.41) is 1.89. The highest BCUT2D eigenvalue weighted by atomic mass is 32.1. The second kappa shape index (κ2) is 4.87. The lowest BCUT2D eigenvalue weighted by Gasteiger charge is -2.22. The van der Waals surface area contributed by atoms with Crippen molar-refractivity contribution in [2.75, 3.05) is 13.7 Å². The van der Waals surface area contributed by atoms with Crippen LogP contribution in [0.15, 0.2) is 11.4 Å². The largest absolute Gasteiger partial charge is 0.467 e. The van der Waals surface area contributed by atoms with Crippen molar-refractivity contribution < 1.29 is 14.3 Å². The molecule has 0 N–H and O–H groups in total. The van der Waals surface area contributed by atoms with Gasteiger partial charge in [0.2, 0.25) is 0 Å². The molecule has 1 unspecified atom stereocenters. The van der Waals surface area contributed by atoms with E-state index in [4.69, 9.17) is 4.74 Å². The average molecular weight is 253 g/mol. The van der Waals surface area contributed by atoms with Gasteiger partial charge < -0.3 is 9.64 Å². The molecule has 0 aromatic carbocycles. The summed E-state index contributed by atoms with van der Waals surface area (Å²) in [6, 6.07) is 1.51. The van der Waals surface area contributed by atoms with Gasteiger partial charge in [-0.15, -0.1) is 11.3 Å². The number of rotatable bonds is 2. The minimum absolute atomic E-state index is 0.0506. The van der Waals surface area contributed by atoms with Crippen LogP contribution in [0, 0.1) is 6.92 Å². The molecule has 0 aliphatic carbocycles. The zero-order valence-electron chi connectivity index (χ0n) is 9.93. The van der Waals surface area contributed by atoms with Crippen LogP contribution in [0.25, 0.3) is 0 Å². The van der Waals surface area contributed by atoms with Gasteiger partial charge in [0, 0.05) is 6.54 Å². The van der Waals surface area contributed by atoms with Gasteiger partial charge in [0.1, 0.15) is 6.04 Å². The molecule has 1 aliphatic rings. The maximum atomic E-state index is 12.3. The summed E-state index contributed by atoms with van der Waals surface area (Å²) in [5.74, 6) is -0.365. The number of nitrogens with zero attached hydrogens (tertiary/aromatic N) is 1. The Labute approximate surface area is 104 Å². The van der Waals surface area contributed by atoms with Crippen LogP contribution in [0.2, 0.25) is 0 Å². The molecule has 2 heterocycles. The Morgan fingerprint density at radius 2 is 2.29 bits per heavy atom. The van der Waals surface area contributed by atoms with Gasteiger partial charge in [0.05, 0.1) is 12.0 Å². The van der Waals surface area contributed by atoms with Crippen LogP contribution in [0.5, 0.6) is 0 Å². The van der Waals surface area contributed by atoms with Crippen LogP contribution in [0.4, 0.5) is 0 Å². The molecule has 1 aromatic heterocycles. The van der Waals surface area contributed by atoms with Crippen molar-refractivity contribution in [3.8, 4) is 0 Å². The summed E-state index contributed by atoms with van der Waals surface area (Å²) >= 11 is 1.42. The molecular weight excluding hydrogens is 238 g/mol. The minimum Gasteiger partial charge on any atom is -0.467 e. The van der Waals surface area contributed by atoms with Gasteiger partial charge in [-0.05, 0) is 36.8 Å². The molecule has 4 nitrogen and oxygen atoms in total. The van der Waals surface area contributed by atoms with Gasteiger partial charge in [-0.3, -0.25) is 4.79 Å². The Morgan fingerprint density at radius 1 is 1.53 bits per heavy atom. The molecule has 92 valence electrons. The van der Waals surface area contributed by atoms with Gasteiger partial charge >= 0.3 is 5.97 Å². The molecule has 0 bridgehead atoms. The van der Waals surface area contributed by atoms with Crippen molar-refractivity contribution in [3.05, 3.63) is 21.9 Å². The molecule has 0 spiro atoms. The predicted molar refractivity (Wildman–Crippen MR) is 65.1 cm³/mol. The Morgan fingerprint density at radius 3 is 2.88 bits per heavy atom. The van der Waals surface area contributed by atoms with Crippen LogP contribution >= 0.6 is 11.3 Å². The van der Waals surface area contributed by atoms with Gasteiger partial charge in [-0.2, -0.15) is 0 Å². The third-order valence-corrected chi connectivity index (χ3v) is 4.05. The Hall–Kier alpha value is -1.36. The summed E-state index contributed by atoms with van der Waals surface area (Å²) in [7, 11) is 1.36. The van der Waals surface area contributed by atoms with E-state index in [1.807, 2.05) is 18.4 Å².